The Kier molecular flexibility index (Phi) is 7.04. The van der Waals surface area contributed by atoms with Gasteiger partial charge in [-0.05, 0) is 12.5 Å². The van der Waals surface area contributed by atoms with Crippen LogP contribution < -0.4 is 5.32 Å². The molecule has 1 heterocycles. The van der Waals surface area contributed by atoms with E-state index in [1.165, 1.54) is 0 Å². The molecule has 1 aliphatic rings. The van der Waals surface area contributed by atoms with Crippen molar-refractivity contribution < 1.29 is 9.50 Å². The van der Waals surface area contributed by atoms with Crippen molar-refractivity contribution in [2.45, 2.75) is 12.5 Å². The monoisotopic (exact) mass is 308 g/mol. The maximum atomic E-state index is 14.1. The van der Waals surface area contributed by atoms with Gasteiger partial charge in [0.1, 0.15) is 5.82 Å². The van der Waals surface area contributed by atoms with Gasteiger partial charge in [0.15, 0.2) is 0 Å². The molecule has 0 unspecified atom stereocenters. The number of halogens is 3. The molecule has 1 aromatic rings. The second-order valence-corrected chi connectivity index (χ2v) is 4.86. The zero-order chi connectivity index (χ0) is 13.0. The standard InChI is InChI=1S/C13H18ClFN2O.ClH/c14-11-3-1-2-10(13(11)15)12(4-9-18)17-7-5-16-6-8-17;/h1-3,12,16,18H,4-9H2;1H/t12-;/m0./s1. The molecule has 1 aromatic carbocycles. The second-order valence-electron chi connectivity index (χ2n) is 4.46. The predicted octanol–water partition coefficient (Wildman–Crippen LogP) is 2.23. The summed E-state index contributed by atoms with van der Waals surface area (Å²) in [5.41, 5.74) is 0.582. The number of nitrogens with zero attached hydrogens (tertiary/aromatic N) is 1. The third-order valence-corrected chi connectivity index (χ3v) is 3.63. The van der Waals surface area contributed by atoms with Crippen molar-refractivity contribution in [2.24, 2.45) is 0 Å². The van der Waals surface area contributed by atoms with Crippen LogP contribution in [0.3, 0.4) is 0 Å². The summed E-state index contributed by atoms with van der Waals surface area (Å²) < 4.78 is 14.1. The topological polar surface area (TPSA) is 35.5 Å². The van der Waals surface area contributed by atoms with Crippen LogP contribution in [0.1, 0.15) is 18.0 Å². The van der Waals surface area contributed by atoms with E-state index in [0.29, 0.717) is 12.0 Å². The van der Waals surface area contributed by atoms with Crippen LogP contribution in [0.15, 0.2) is 18.2 Å². The molecule has 0 bridgehead atoms. The minimum Gasteiger partial charge on any atom is -0.396 e. The number of hydrogen-bond donors (Lipinski definition) is 2. The Bertz CT molecular complexity index is 400. The third-order valence-electron chi connectivity index (χ3n) is 3.34. The molecule has 0 saturated carbocycles. The van der Waals surface area contributed by atoms with Gasteiger partial charge in [-0.3, -0.25) is 4.90 Å². The van der Waals surface area contributed by atoms with E-state index in [2.05, 4.69) is 10.2 Å². The lowest BCUT2D eigenvalue weighted by Crippen LogP contribution is -2.45. The Morgan fingerprint density at radius 1 is 1.37 bits per heavy atom. The molecule has 0 amide bonds. The number of benzene rings is 1. The van der Waals surface area contributed by atoms with Crippen molar-refractivity contribution in [3.05, 3.63) is 34.6 Å². The summed E-state index contributed by atoms with van der Waals surface area (Å²) in [4.78, 5) is 2.20. The van der Waals surface area contributed by atoms with Gasteiger partial charge in [-0.1, -0.05) is 23.7 Å². The Labute approximate surface area is 124 Å². The van der Waals surface area contributed by atoms with Gasteiger partial charge in [0, 0.05) is 44.4 Å². The normalized spacial score (nSPS) is 17.8. The Morgan fingerprint density at radius 2 is 2.05 bits per heavy atom. The average Bonchev–Trinajstić information content (AvgIpc) is 2.41. The molecular formula is C13H19Cl2FN2O. The number of piperazine rings is 1. The highest BCUT2D eigenvalue weighted by atomic mass is 35.5. The van der Waals surface area contributed by atoms with Gasteiger partial charge in [0.25, 0.3) is 0 Å². The molecule has 0 radical (unpaired) electrons. The average molecular weight is 309 g/mol. The summed E-state index contributed by atoms with van der Waals surface area (Å²) >= 11 is 5.83. The van der Waals surface area contributed by atoms with Gasteiger partial charge in [-0.15, -0.1) is 12.4 Å². The maximum Gasteiger partial charge on any atom is 0.146 e. The van der Waals surface area contributed by atoms with Crippen molar-refractivity contribution in [3.8, 4) is 0 Å². The first-order chi connectivity index (χ1) is 8.74. The van der Waals surface area contributed by atoms with Crippen LogP contribution >= 0.6 is 24.0 Å². The van der Waals surface area contributed by atoms with Crippen LogP contribution in [0.25, 0.3) is 0 Å². The van der Waals surface area contributed by atoms with Crippen LogP contribution in [-0.4, -0.2) is 42.8 Å². The first kappa shape index (κ1) is 16.7. The fourth-order valence-corrected chi connectivity index (χ4v) is 2.61. The Hall–Kier alpha value is -0.390. The first-order valence-corrected chi connectivity index (χ1v) is 6.61. The first-order valence-electron chi connectivity index (χ1n) is 6.23. The zero-order valence-corrected chi connectivity index (χ0v) is 12.2. The summed E-state index contributed by atoms with van der Waals surface area (Å²) in [5, 5.41) is 12.6. The SMILES string of the molecule is Cl.OCC[C@@H](c1cccc(Cl)c1F)N1CCNCC1. The molecule has 1 aliphatic heterocycles. The van der Waals surface area contributed by atoms with Crippen LogP contribution in [0.5, 0.6) is 0 Å². The van der Waals surface area contributed by atoms with Crippen molar-refractivity contribution in [1.29, 1.82) is 0 Å². The van der Waals surface area contributed by atoms with Gasteiger partial charge in [0.05, 0.1) is 5.02 Å². The number of aliphatic hydroxyl groups excluding tert-OH is 1. The largest absolute Gasteiger partial charge is 0.396 e. The summed E-state index contributed by atoms with van der Waals surface area (Å²) in [6.07, 6.45) is 0.525. The van der Waals surface area contributed by atoms with E-state index in [1.54, 1.807) is 18.2 Å². The molecule has 1 atom stereocenters. The summed E-state index contributed by atoms with van der Waals surface area (Å²) in [6.45, 7) is 3.54. The van der Waals surface area contributed by atoms with E-state index in [0.717, 1.165) is 26.2 Å². The molecule has 108 valence electrons. The predicted molar refractivity (Wildman–Crippen MR) is 77.5 cm³/mol. The number of nitrogens with one attached hydrogen (secondary N) is 1. The van der Waals surface area contributed by atoms with Gasteiger partial charge in [-0.2, -0.15) is 0 Å². The molecule has 2 rings (SSSR count). The highest BCUT2D eigenvalue weighted by Gasteiger charge is 2.24. The molecule has 1 fully saturated rings. The molecule has 3 nitrogen and oxygen atoms in total. The van der Waals surface area contributed by atoms with Gasteiger partial charge < -0.3 is 10.4 Å². The van der Waals surface area contributed by atoms with Crippen LogP contribution in [0.2, 0.25) is 5.02 Å². The molecule has 2 N–H and O–H groups in total. The van der Waals surface area contributed by atoms with Crippen LogP contribution in [0, 0.1) is 5.82 Å². The van der Waals surface area contributed by atoms with Crippen molar-refractivity contribution >= 4 is 24.0 Å². The summed E-state index contributed by atoms with van der Waals surface area (Å²) in [5.74, 6) is -0.365. The molecule has 0 spiro atoms. The van der Waals surface area contributed by atoms with Crippen LogP contribution in [-0.2, 0) is 0 Å². The van der Waals surface area contributed by atoms with E-state index in [-0.39, 0.29) is 35.9 Å². The fraction of sp³-hybridized carbons (Fsp3) is 0.538. The molecule has 0 aliphatic carbocycles. The maximum absolute atomic E-state index is 14.1. The van der Waals surface area contributed by atoms with Crippen LogP contribution in [0.4, 0.5) is 4.39 Å². The Balaban J connectivity index is 0.00000180. The van der Waals surface area contributed by atoms with Gasteiger partial charge in [0.2, 0.25) is 0 Å². The number of rotatable bonds is 4. The minimum atomic E-state index is -0.365. The highest BCUT2D eigenvalue weighted by Crippen LogP contribution is 2.29. The van der Waals surface area contributed by atoms with Crippen molar-refractivity contribution in [3.63, 3.8) is 0 Å². The van der Waals surface area contributed by atoms with Gasteiger partial charge >= 0.3 is 0 Å². The van der Waals surface area contributed by atoms with E-state index in [9.17, 15) is 9.50 Å². The summed E-state index contributed by atoms with van der Waals surface area (Å²) in [6, 6.07) is 4.96. The van der Waals surface area contributed by atoms with E-state index >= 15 is 0 Å². The van der Waals surface area contributed by atoms with Crippen molar-refractivity contribution in [1.82, 2.24) is 10.2 Å². The quantitative estimate of drug-likeness (QED) is 0.895. The molecule has 6 heteroatoms. The Morgan fingerprint density at radius 3 is 2.68 bits per heavy atom. The fourth-order valence-electron chi connectivity index (χ4n) is 2.43. The van der Waals surface area contributed by atoms with E-state index in [1.807, 2.05) is 0 Å². The highest BCUT2D eigenvalue weighted by molar-refractivity contribution is 6.30. The molecule has 0 aromatic heterocycles. The van der Waals surface area contributed by atoms with Gasteiger partial charge in [-0.25, -0.2) is 4.39 Å². The van der Waals surface area contributed by atoms with E-state index in [4.69, 9.17) is 11.6 Å². The lowest BCUT2D eigenvalue weighted by molar-refractivity contribution is 0.138. The number of hydrogen-bond acceptors (Lipinski definition) is 3. The minimum absolute atomic E-state index is 0. The van der Waals surface area contributed by atoms with E-state index < -0.39 is 0 Å². The second kappa shape index (κ2) is 8.02. The van der Waals surface area contributed by atoms with Crippen molar-refractivity contribution in [2.75, 3.05) is 32.8 Å². The smallest absolute Gasteiger partial charge is 0.146 e. The molecule has 1 saturated heterocycles. The lowest BCUT2D eigenvalue weighted by Gasteiger charge is -2.35. The number of aliphatic hydroxyl groups is 1. The molecular weight excluding hydrogens is 290 g/mol. The summed E-state index contributed by atoms with van der Waals surface area (Å²) in [7, 11) is 0. The lowest BCUT2D eigenvalue weighted by atomic mass is 10.0. The zero-order valence-electron chi connectivity index (χ0n) is 10.6. The molecule has 19 heavy (non-hydrogen) atoms. The third kappa shape index (κ3) is 4.04.